The van der Waals surface area contributed by atoms with Crippen LogP contribution in [0.1, 0.15) is 84.5 Å². The summed E-state index contributed by atoms with van der Waals surface area (Å²) in [4.78, 5) is 51.7. The Kier molecular flexibility index (Phi) is 11.3. The predicted molar refractivity (Wildman–Crippen MR) is 205 cm³/mol. The van der Waals surface area contributed by atoms with E-state index in [0.717, 1.165) is 85.8 Å². The molecule has 2 unspecified atom stereocenters. The number of anilines is 1. The molecule has 4 heterocycles. The van der Waals surface area contributed by atoms with Crippen molar-refractivity contribution >= 4 is 34.7 Å². The number of hydrogen-bond acceptors (Lipinski definition) is 10. The Bertz CT molecular complexity index is 1990. The summed E-state index contributed by atoms with van der Waals surface area (Å²) in [5.74, 6) is 0.115. The molecule has 0 spiro atoms. The molecular weight excluding hydrogens is 684 g/mol. The molecule has 2 atom stereocenters. The number of rotatable bonds is 13. The zero-order valence-corrected chi connectivity index (χ0v) is 30.5. The highest BCUT2D eigenvalue weighted by Crippen LogP contribution is 2.36. The van der Waals surface area contributed by atoms with Gasteiger partial charge in [-0.25, -0.2) is 4.98 Å². The third kappa shape index (κ3) is 7.99. The van der Waals surface area contributed by atoms with Gasteiger partial charge in [-0.15, -0.1) is 0 Å². The number of imide groups is 1. The number of aliphatic hydroxyl groups excluding tert-OH is 1. The van der Waals surface area contributed by atoms with Gasteiger partial charge in [0.2, 0.25) is 11.8 Å². The summed E-state index contributed by atoms with van der Waals surface area (Å²) < 4.78 is 6.13. The van der Waals surface area contributed by atoms with Crippen LogP contribution in [0, 0.1) is 0 Å². The molecule has 2 saturated heterocycles. The summed E-state index contributed by atoms with van der Waals surface area (Å²) in [5, 5.41) is 23.0. The first-order valence-electron chi connectivity index (χ1n) is 18.8. The van der Waals surface area contributed by atoms with Crippen LogP contribution in [0.25, 0.3) is 11.1 Å². The zero-order chi connectivity index (χ0) is 37.6. The van der Waals surface area contributed by atoms with Crippen LogP contribution in [0.5, 0.6) is 11.5 Å². The van der Waals surface area contributed by atoms with E-state index in [4.69, 9.17) is 4.74 Å². The number of carbonyl (C=O) groups is 3. The van der Waals surface area contributed by atoms with Crippen LogP contribution in [-0.4, -0.2) is 93.1 Å². The lowest BCUT2D eigenvalue weighted by Gasteiger charge is -2.35. The second-order valence-electron chi connectivity index (χ2n) is 13.9. The van der Waals surface area contributed by atoms with Crippen molar-refractivity contribution in [3.8, 4) is 11.5 Å². The molecule has 1 aromatic heterocycles. The number of piperidine rings is 1. The van der Waals surface area contributed by atoms with Crippen LogP contribution >= 0.6 is 0 Å². The van der Waals surface area contributed by atoms with Crippen LogP contribution < -0.4 is 15.0 Å². The van der Waals surface area contributed by atoms with Gasteiger partial charge in [0, 0.05) is 32.6 Å². The maximum Gasteiger partial charge on any atom is 0.277 e. The molecule has 54 heavy (non-hydrogen) atoms. The Morgan fingerprint density at radius 1 is 0.870 bits per heavy atom. The van der Waals surface area contributed by atoms with E-state index in [1.807, 2.05) is 30.3 Å². The molecule has 4 aromatic rings. The van der Waals surface area contributed by atoms with Crippen LogP contribution in [-0.2, 0) is 9.59 Å². The smallest absolute Gasteiger partial charge is 0.277 e. The van der Waals surface area contributed by atoms with E-state index in [-0.39, 0.29) is 35.9 Å². The number of hydrogen-bond donors (Lipinski definition) is 3. The highest BCUT2D eigenvalue weighted by atomic mass is 16.5. The Labute approximate surface area is 315 Å². The molecule has 0 bridgehead atoms. The van der Waals surface area contributed by atoms with Gasteiger partial charge in [-0.3, -0.25) is 34.5 Å². The van der Waals surface area contributed by atoms with Gasteiger partial charge in [-0.05, 0) is 90.8 Å². The molecule has 3 aliphatic rings. The van der Waals surface area contributed by atoms with Crippen LogP contribution in [0.15, 0.2) is 85.1 Å². The van der Waals surface area contributed by atoms with Crippen molar-refractivity contribution in [1.29, 1.82) is 0 Å². The van der Waals surface area contributed by atoms with Gasteiger partial charge >= 0.3 is 0 Å². The van der Waals surface area contributed by atoms with Gasteiger partial charge in [-0.2, -0.15) is 0 Å². The number of benzene rings is 3. The summed E-state index contributed by atoms with van der Waals surface area (Å²) in [5.41, 5.74) is 5.90. The fraction of sp³-hybridized carbons (Fsp3) is 0.357. The van der Waals surface area contributed by atoms with E-state index < -0.39 is 24.1 Å². The van der Waals surface area contributed by atoms with Crippen molar-refractivity contribution in [2.75, 3.05) is 44.2 Å². The lowest BCUT2D eigenvalue weighted by atomic mass is 9.88. The van der Waals surface area contributed by atoms with E-state index >= 15 is 0 Å². The molecule has 280 valence electrons. The van der Waals surface area contributed by atoms with Crippen molar-refractivity contribution in [2.45, 2.75) is 57.7 Å². The van der Waals surface area contributed by atoms with Gasteiger partial charge in [-0.1, -0.05) is 61.5 Å². The minimum Gasteiger partial charge on any atom is -0.508 e. The first-order valence-corrected chi connectivity index (χ1v) is 18.8. The highest BCUT2D eigenvalue weighted by molar-refractivity contribution is 6.05. The molecule has 0 saturated carbocycles. The second-order valence-corrected chi connectivity index (χ2v) is 13.9. The predicted octanol–water partition coefficient (Wildman–Crippen LogP) is 5.17. The number of fused-ring (bicyclic) bond motifs is 1. The number of nitrogens with one attached hydrogen (secondary N) is 1. The standard InChI is InChI=1S/C42H46N6O6/c1-2-33(28-9-5-3-6-10-28)37(29-11-15-31(49)16-12-29)30-13-17-32(18-14-30)54-26-8-4-7-21-46-22-24-47(25-23-46)35-27-43-38-39(44-35)42(53)48(41(38)52)34-19-20-36(50)45-40(34)51/h3,5-6,9-18,27,34,41,49,52H,2,4,7-8,19-26H2,1H3,(H,45,50,51)/b37-33-. The number of allylic oxidation sites excluding steroid dienone is 1. The first-order chi connectivity index (χ1) is 26.3. The van der Waals surface area contributed by atoms with Crippen molar-refractivity contribution in [1.82, 2.24) is 25.1 Å². The number of piperazine rings is 1. The molecule has 3 N–H and O–H groups in total. The first kappa shape index (κ1) is 36.8. The topological polar surface area (TPSA) is 148 Å². The number of aromatic hydroxyl groups is 1. The minimum absolute atomic E-state index is 0.0506. The number of phenolic OH excluding ortho intramolecular Hbond substituents is 1. The Balaban J connectivity index is 0.862. The fourth-order valence-corrected chi connectivity index (χ4v) is 7.54. The number of aliphatic hydroxyl groups is 1. The molecule has 0 aliphatic carbocycles. The zero-order valence-electron chi connectivity index (χ0n) is 30.5. The third-order valence-electron chi connectivity index (χ3n) is 10.4. The van der Waals surface area contributed by atoms with Crippen molar-refractivity contribution in [3.05, 3.63) is 113 Å². The molecule has 12 heteroatoms. The number of carbonyl (C=O) groups excluding carboxylic acids is 3. The summed E-state index contributed by atoms with van der Waals surface area (Å²) in [6.45, 7) is 6.96. The Hall–Kier alpha value is -5.59. The molecular formula is C42H46N6O6. The minimum atomic E-state index is -1.38. The van der Waals surface area contributed by atoms with Gasteiger partial charge < -0.3 is 19.8 Å². The molecule has 7 rings (SSSR count). The summed E-state index contributed by atoms with van der Waals surface area (Å²) in [6.07, 6.45) is 4.36. The molecule has 3 aliphatic heterocycles. The quantitative estimate of drug-likeness (QED) is 0.0956. The van der Waals surface area contributed by atoms with Crippen molar-refractivity contribution < 1.29 is 29.3 Å². The summed E-state index contributed by atoms with van der Waals surface area (Å²) in [6, 6.07) is 25.2. The van der Waals surface area contributed by atoms with Crippen molar-refractivity contribution in [2.24, 2.45) is 0 Å². The maximum absolute atomic E-state index is 13.2. The van der Waals surface area contributed by atoms with E-state index in [2.05, 4.69) is 68.4 Å². The summed E-state index contributed by atoms with van der Waals surface area (Å²) >= 11 is 0. The van der Waals surface area contributed by atoms with Crippen LogP contribution in [0.2, 0.25) is 0 Å². The molecule has 3 amide bonds. The lowest BCUT2D eigenvalue weighted by Crippen LogP contribution is -2.53. The average Bonchev–Trinajstić information content (AvgIpc) is 3.44. The average molecular weight is 731 g/mol. The molecule has 2 fully saturated rings. The number of aromatic nitrogens is 2. The fourth-order valence-electron chi connectivity index (χ4n) is 7.54. The second kappa shape index (κ2) is 16.6. The lowest BCUT2D eigenvalue weighted by molar-refractivity contribution is -0.139. The van der Waals surface area contributed by atoms with Gasteiger partial charge in [0.1, 0.15) is 29.1 Å². The van der Waals surface area contributed by atoms with Crippen LogP contribution in [0.3, 0.4) is 0 Å². The summed E-state index contributed by atoms with van der Waals surface area (Å²) in [7, 11) is 0. The monoisotopic (exact) mass is 730 g/mol. The Morgan fingerprint density at radius 3 is 2.26 bits per heavy atom. The normalized spacial score (nSPS) is 19.4. The number of ether oxygens (including phenoxy) is 1. The van der Waals surface area contributed by atoms with Crippen LogP contribution in [0.4, 0.5) is 5.82 Å². The molecule has 3 aromatic carbocycles. The SMILES string of the molecule is CC/C(=C(\c1ccc(O)cc1)c1ccc(OCCCCCN2CCN(c3cnc4c(n3)C(=O)N(C3CCC(=O)NC3=O)C4O)CC2)cc1)c1ccccc1. The Morgan fingerprint density at radius 2 is 1.57 bits per heavy atom. The van der Waals surface area contributed by atoms with Crippen molar-refractivity contribution in [3.63, 3.8) is 0 Å². The van der Waals surface area contributed by atoms with Gasteiger partial charge in [0.25, 0.3) is 5.91 Å². The van der Waals surface area contributed by atoms with E-state index in [9.17, 15) is 24.6 Å². The third-order valence-corrected chi connectivity index (χ3v) is 10.4. The number of amides is 3. The molecule has 0 radical (unpaired) electrons. The molecule has 12 nitrogen and oxygen atoms in total. The largest absolute Gasteiger partial charge is 0.508 e. The van der Waals surface area contributed by atoms with Gasteiger partial charge in [0.15, 0.2) is 11.9 Å². The van der Waals surface area contributed by atoms with Gasteiger partial charge in [0.05, 0.1) is 12.8 Å². The van der Waals surface area contributed by atoms with E-state index in [1.54, 1.807) is 18.3 Å². The number of phenols is 1. The highest BCUT2D eigenvalue weighted by Gasteiger charge is 2.46. The maximum atomic E-state index is 13.2. The van der Waals surface area contributed by atoms with E-state index in [0.29, 0.717) is 12.4 Å². The van der Waals surface area contributed by atoms with E-state index in [1.165, 1.54) is 11.1 Å². The number of nitrogens with zero attached hydrogens (tertiary/aromatic N) is 5. The number of unbranched alkanes of at least 4 members (excludes halogenated alkanes) is 2.